The summed E-state index contributed by atoms with van der Waals surface area (Å²) in [7, 11) is 0. The van der Waals surface area contributed by atoms with Crippen LogP contribution in [-0.4, -0.2) is 23.1 Å². The molecule has 8 rings (SSSR count). The minimum atomic E-state index is -0.365. The summed E-state index contributed by atoms with van der Waals surface area (Å²) in [5.41, 5.74) is 2.30. The number of hydrogen-bond acceptors (Lipinski definition) is 4. The zero-order valence-corrected chi connectivity index (χ0v) is 51.2. The molecule has 0 bridgehead atoms. The van der Waals surface area contributed by atoms with Crippen molar-refractivity contribution in [1.29, 1.82) is 0 Å². The van der Waals surface area contributed by atoms with E-state index in [-0.39, 0.29) is 80.4 Å². The van der Waals surface area contributed by atoms with Gasteiger partial charge in [0.1, 0.15) is 34.8 Å². The predicted molar refractivity (Wildman–Crippen MR) is 314 cm³/mol. The molecule has 416 valence electrons. The Morgan fingerprint density at radius 1 is 0.355 bits per heavy atom. The minimum Gasteiger partial charge on any atom is -0.299 e. The smallest absolute Gasteiger partial charge is 0.141 e. The molecule has 0 saturated heterocycles. The van der Waals surface area contributed by atoms with Crippen molar-refractivity contribution in [3.63, 3.8) is 0 Å². The largest absolute Gasteiger partial charge is 0.299 e. The number of ketones is 4. The number of carbonyl (C=O) groups is 4. The van der Waals surface area contributed by atoms with Crippen LogP contribution in [-0.2, 0) is 19.2 Å². The average Bonchev–Trinajstić information content (AvgIpc) is 4.18. The first kappa shape index (κ1) is 64.0. The molecule has 0 aliphatic heterocycles. The Hall–Kier alpha value is -2.84. The molecule has 4 fully saturated rings. The highest BCUT2D eigenvalue weighted by molar-refractivity contribution is 6.42. The van der Waals surface area contributed by atoms with Crippen molar-refractivity contribution in [3.8, 4) is 0 Å². The normalized spacial score (nSPS) is 23.6. The van der Waals surface area contributed by atoms with Crippen LogP contribution in [0.2, 0.25) is 30.1 Å². The molecule has 12 heteroatoms. The Labute approximate surface area is 483 Å². The lowest BCUT2D eigenvalue weighted by molar-refractivity contribution is -0.131. The van der Waals surface area contributed by atoms with Crippen LogP contribution in [0.15, 0.2) is 72.8 Å². The van der Waals surface area contributed by atoms with Gasteiger partial charge in [0.15, 0.2) is 0 Å². The number of halogens is 8. The van der Waals surface area contributed by atoms with Crippen molar-refractivity contribution >= 4 is 92.7 Å². The molecule has 4 aliphatic carbocycles. The minimum absolute atomic E-state index is 0.00370. The molecule has 4 aliphatic rings. The van der Waals surface area contributed by atoms with E-state index < -0.39 is 0 Å². The van der Waals surface area contributed by atoms with Gasteiger partial charge in [0, 0.05) is 55.4 Å². The number of rotatable bonds is 8. The van der Waals surface area contributed by atoms with Gasteiger partial charge in [-0.3, -0.25) is 19.2 Å². The molecule has 0 amide bonds. The molecule has 4 aromatic carbocycles. The van der Waals surface area contributed by atoms with E-state index in [9.17, 15) is 28.0 Å². The van der Waals surface area contributed by atoms with Crippen molar-refractivity contribution in [3.05, 3.63) is 137 Å². The highest BCUT2D eigenvalue weighted by Gasteiger charge is 2.43. The first-order valence-corrected chi connectivity index (χ1v) is 29.5. The summed E-state index contributed by atoms with van der Waals surface area (Å²) < 4.78 is 28.1. The highest BCUT2D eigenvalue weighted by Crippen LogP contribution is 2.48. The quantitative estimate of drug-likeness (QED) is 0.176. The Morgan fingerprint density at radius 3 is 0.868 bits per heavy atom. The average molecular weight is 1160 g/mol. The number of hydrogen-bond donors (Lipinski definition) is 0. The first-order valence-electron chi connectivity index (χ1n) is 27.2. The van der Waals surface area contributed by atoms with E-state index >= 15 is 0 Å². The molecular weight excluding hydrogens is 1080 g/mol. The molecule has 0 heterocycles. The van der Waals surface area contributed by atoms with E-state index in [2.05, 4.69) is 0 Å². The van der Waals surface area contributed by atoms with Crippen molar-refractivity contribution in [1.82, 2.24) is 0 Å². The summed E-state index contributed by atoms with van der Waals surface area (Å²) in [5.74, 6) is 1.35. The van der Waals surface area contributed by atoms with Gasteiger partial charge in [0.25, 0.3) is 0 Å². The van der Waals surface area contributed by atoms with Gasteiger partial charge in [-0.25, -0.2) is 8.78 Å². The summed E-state index contributed by atoms with van der Waals surface area (Å²) in [4.78, 5) is 50.0. The Balaban J connectivity index is 0.000000187. The second kappa shape index (κ2) is 26.6. The van der Waals surface area contributed by atoms with Gasteiger partial charge in [-0.1, -0.05) is 203 Å². The van der Waals surface area contributed by atoms with Gasteiger partial charge >= 0.3 is 0 Å². The Bertz CT molecular complexity index is 2510. The number of Topliss-reactive ketones (excluding diaryl/α,β-unsaturated/α-hetero) is 4. The van der Waals surface area contributed by atoms with E-state index in [4.69, 9.17) is 69.6 Å². The van der Waals surface area contributed by atoms with Crippen molar-refractivity contribution in [2.75, 3.05) is 0 Å². The third-order valence-electron chi connectivity index (χ3n) is 15.8. The molecule has 0 unspecified atom stereocenters. The molecule has 76 heavy (non-hydrogen) atoms. The van der Waals surface area contributed by atoms with Gasteiger partial charge in [0.05, 0.1) is 20.1 Å². The van der Waals surface area contributed by atoms with Crippen LogP contribution >= 0.6 is 69.6 Å². The second-order valence-corrected chi connectivity index (χ2v) is 28.2. The van der Waals surface area contributed by atoms with Crippen LogP contribution < -0.4 is 0 Å². The lowest BCUT2D eigenvalue weighted by atomic mass is 9.76. The topological polar surface area (TPSA) is 68.3 Å². The summed E-state index contributed by atoms with van der Waals surface area (Å²) >= 11 is 35.7. The van der Waals surface area contributed by atoms with Gasteiger partial charge < -0.3 is 0 Å². The molecular formula is C64H80Cl6F2O4. The molecule has 0 spiro atoms. The third kappa shape index (κ3) is 16.6. The zero-order valence-electron chi connectivity index (χ0n) is 46.7. The second-order valence-electron chi connectivity index (χ2n) is 25.7. The van der Waals surface area contributed by atoms with E-state index in [1.54, 1.807) is 24.3 Å². The van der Waals surface area contributed by atoms with Crippen molar-refractivity contribution in [2.45, 2.75) is 184 Å². The third-order valence-corrected chi connectivity index (χ3v) is 17.8. The monoisotopic (exact) mass is 1160 g/mol. The van der Waals surface area contributed by atoms with Crippen LogP contribution in [0.1, 0.15) is 206 Å². The summed E-state index contributed by atoms with van der Waals surface area (Å²) in [6.07, 6.45) is 11.8. The summed E-state index contributed by atoms with van der Waals surface area (Å²) in [6, 6.07) is 21.1. The Morgan fingerprint density at radius 2 is 0.618 bits per heavy atom. The van der Waals surface area contributed by atoms with Crippen LogP contribution in [0.5, 0.6) is 0 Å². The van der Waals surface area contributed by atoms with Gasteiger partial charge in [-0.15, -0.1) is 0 Å². The van der Waals surface area contributed by atoms with E-state index in [1.807, 2.05) is 119 Å². The maximum atomic E-state index is 14.0. The molecule has 0 radical (unpaired) electrons. The molecule has 8 atom stereocenters. The standard InChI is InChI=1S/2C16H20Cl2O.2C16H20ClFO/c2*1-16(2,3)15(19)12-6-4-5-11(12)10-7-8-13(17)14(18)9-10;2*1-16(2,3)15(19)13-6-4-5-11(13)12-8-7-10(17)9-14(12)18/h2*7-9,11-12H,4-6H2,1-3H3;2*7-9,11,13H,4-6H2,1-3H3/t2*11-,12+;2*11-,13+/m1010/s1. The van der Waals surface area contributed by atoms with E-state index in [0.29, 0.717) is 64.7 Å². The predicted octanol–water partition coefficient (Wildman–Crippen LogP) is 20.9. The van der Waals surface area contributed by atoms with Crippen LogP contribution in [0.3, 0.4) is 0 Å². The fourth-order valence-electron chi connectivity index (χ4n) is 12.0. The fourth-order valence-corrected chi connectivity index (χ4v) is 12.9. The fraction of sp³-hybridized carbons (Fsp3) is 0.562. The maximum absolute atomic E-state index is 14.0. The molecule has 4 aromatic rings. The maximum Gasteiger partial charge on any atom is 0.141 e. The molecule has 0 N–H and O–H groups in total. The zero-order chi connectivity index (χ0) is 56.8. The number of benzene rings is 4. The molecule has 0 aromatic heterocycles. The van der Waals surface area contributed by atoms with Gasteiger partial charge in [-0.05, 0) is 146 Å². The van der Waals surface area contributed by atoms with E-state index in [0.717, 1.165) is 88.2 Å². The SMILES string of the molecule is CC(C)(C)C(=O)[C@@H]1CCC[C@H]1c1ccc(Cl)c(Cl)c1.CC(C)(C)C(=O)[C@@H]1CCC[C@H]1c1ccc(Cl)cc1F.CC(C)(C)C(=O)[C@H]1CCC[C@@H]1c1ccc(Cl)c(Cl)c1.CC(C)(C)C(=O)[C@H]1CCC[C@@H]1c1ccc(Cl)cc1F. The van der Waals surface area contributed by atoms with Crippen LogP contribution in [0.4, 0.5) is 8.78 Å². The van der Waals surface area contributed by atoms with Gasteiger partial charge in [0.2, 0.25) is 0 Å². The van der Waals surface area contributed by atoms with E-state index in [1.165, 1.54) is 12.1 Å². The highest BCUT2D eigenvalue weighted by atomic mass is 35.5. The molecule has 4 nitrogen and oxygen atoms in total. The Kier molecular flexibility index (Phi) is 22.4. The van der Waals surface area contributed by atoms with Crippen LogP contribution in [0, 0.1) is 57.0 Å². The van der Waals surface area contributed by atoms with Gasteiger partial charge in [-0.2, -0.15) is 0 Å². The lowest BCUT2D eigenvalue weighted by Gasteiger charge is -2.26. The van der Waals surface area contributed by atoms with Crippen LogP contribution in [0.25, 0.3) is 0 Å². The molecule has 4 saturated carbocycles. The van der Waals surface area contributed by atoms with Crippen molar-refractivity contribution < 1.29 is 28.0 Å². The lowest BCUT2D eigenvalue weighted by Crippen LogP contribution is -2.30. The summed E-state index contributed by atoms with van der Waals surface area (Å²) in [6.45, 7) is 23.6. The summed E-state index contributed by atoms with van der Waals surface area (Å²) in [5, 5.41) is 3.10. The first-order chi connectivity index (χ1) is 35.2. The van der Waals surface area contributed by atoms with Crippen molar-refractivity contribution in [2.24, 2.45) is 45.3 Å². The number of carbonyl (C=O) groups excluding carboxylic acids is 4.